The SMILES string of the molecule is C[C@@H]1CN(CCCn2c3ccccc3c3ccccc32)C[C@H](C)N1.Cl. The predicted octanol–water partition coefficient (Wildman–Crippen LogP) is 4.29. The number of aromatic nitrogens is 1. The van der Waals surface area contributed by atoms with Crippen LogP contribution in [0.25, 0.3) is 21.8 Å². The predicted molar refractivity (Wildman–Crippen MR) is 110 cm³/mol. The van der Waals surface area contributed by atoms with Gasteiger partial charge in [0.05, 0.1) is 0 Å². The number of nitrogens with one attached hydrogen (secondary N) is 1. The fraction of sp³-hybridized carbons (Fsp3) is 0.429. The van der Waals surface area contributed by atoms with Crippen molar-refractivity contribution in [2.24, 2.45) is 0 Å². The normalized spacial score (nSPS) is 21.5. The number of nitrogens with zero attached hydrogens (tertiary/aromatic N) is 2. The van der Waals surface area contributed by atoms with Gasteiger partial charge in [-0.05, 0) is 38.9 Å². The quantitative estimate of drug-likeness (QED) is 0.751. The summed E-state index contributed by atoms with van der Waals surface area (Å²) in [4.78, 5) is 2.61. The summed E-state index contributed by atoms with van der Waals surface area (Å²) < 4.78 is 2.50. The van der Waals surface area contributed by atoms with Crippen LogP contribution in [-0.2, 0) is 6.54 Å². The van der Waals surface area contributed by atoms with Crippen molar-refractivity contribution in [1.29, 1.82) is 0 Å². The summed E-state index contributed by atoms with van der Waals surface area (Å²) in [5.74, 6) is 0. The summed E-state index contributed by atoms with van der Waals surface area (Å²) in [6, 6.07) is 18.8. The first kappa shape index (κ1) is 18.2. The molecule has 0 bridgehead atoms. The van der Waals surface area contributed by atoms with Gasteiger partial charge in [0.15, 0.2) is 0 Å². The molecule has 1 saturated heterocycles. The molecular formula is C21H28ClN3. The van der Waals surface area contributed by atoms with Crippen molar-refractivity contribution in [3.05, 3.63) is 48.5 Å². The number of halogens is 1. The Morgan fingerprint density at radius 3 is 1.92 bits per heavy atom. The van der Waals surface area contributed by atoms with E-state index >= 15 is 0 Å². The van der Waals surface area contributed by atoms with Crippen LogP contribution in [0, 0.1) is 0 Å². The minimum absolute atomic E-state index is 0. The van der Waals surface area contributed by atoms with Crippen molar-refractivity contribution in [3.8, 4) is 0 Å². The molecule has 1 aliphatic rings. The lowest BCUT2D eigenvalue weighted by atomic mass is 10.1. The topological polar surface area (TPSA) is 20.2 Å². The number of aryl methyl sites for hydroxylation is 1. The summed E-state index contributed by atoms with van der Waals surface area (Å²) in [5.41, 5.74) is 2.72. The zero-order chi connectivity index (χ0) is 16.5. The first-order valence-corrected chi connectivity index (χ1v) is 9.17. The van der Waals surface area contributed by atoms with Crippen molar-refractivity contribution < 1.29 is 0 Å². The summed E-state index contributed by atoms with van der Waals surface area (Å²) in [7, 11) is 0. The summed E-state index contributed by atoms with van der Waals surface area (Å²) >= 11 is 0. The fourth-order valence-corrected chi connectivity index (χ4v) is 4.32. The Balaban J connectivity index is 0.00000182. The highest BCUT2D eigenvalue weighted by molar-refractivity contribution is 6.07. The number of para-hydroxylation sites is 2. The van der Waals surface area contributed by atoms with Gasteiger partial charge in [-0.15, -0.1) is 12.4 Å². The van der Waals surface area contributed by atoms with Crippen LogP contribution < -0.4 is 5.32 Å². The maximum atomic E-state index is 3.61. The molecule has 0 unspecified atom stereocenters. The summed E-state index contributed by atoms with van der Waals surface area (Å²) in [6.45, 7) is 9.16. The second-order valence-corrected chi connectivity index (χ2v) is 7.27. The Morgan fingerprint density at radius 2 is 1.36 bits per heavy atom. The number of hydrogen-bond donors (Lipinski definition) is 1. The Labute approximate surface area is 156 Å². The third-order valence-electron chi connectivity index (χ3n) is 5.17. The smallest absolute Gasteiger partial charge is 0.0491 e. The van der Waals surface area contributed by atoms with Gasteiger partial charge in [-0.25, -0.2) is 0 Å². The van der Waals surface area contributed by atoms with E-state index in [4.69, 9.17) is 0 Å². The van der Waals surface area contributed by atoms with Gasteiger partial charge in [-0.2, -0.15) is 0 Å². The molecule has 25 heavy (non-hydrogen) atoms. The Kier molecular flexibility index (Phi) is 5.67. The monoisotopic (exact) mass is 357 g/mol. The molecule has 1 fully saturated rings. The molecule has 2 aromatic carbocycles. The van der Waals surface area contributed by atoms with Crippen molar-refractivity contribution in [2.45, 2.75) is 38.9 Å². The van der Waals surface area contributed by atoms with Gasteiger partial charge in [0.2, 0.25) is 0 Å². The van der Waals surface area contributed by atoms with Gasteiger partial charge < -0.3 is 14.8 Å². The Bertz CT molecular complexity index is 778. The van der Waals surface area contributed by atoms with E-state index in [1.54, 1.807) is 0 Å². The molecule has 3 aromatic rings. The third-order valence-corrected chi connectivity index (χ3v) is 5.17. The zero-order valence-electron chi connectivity index (χ0n) is 15.1. The van der Waals surface area contributed by atoms with E-state index in [0.29, 0.717) is 12.1 Å². The maximum Gasteiger partial charge on any atom is 0.0491 e. The Hall–Kier alpha value is -1.55. The fourth-order valence-electron chi connectivity index (χ4n) is 4.32. The van der Waals surface area contributed by atoms with Gasteiger partial charge in [0, 0.05) is 53.5 Å². The minimum Gasteiger partial charge on any atom is -0.340 e. The molecule has 134 valence electrons. The van der Waals surface area contributed by atoms with Crippen LogP contribution in [-0.4, -0.2) is 41.2 Å². The van der Waals surface area contributed by atoms with Gasteiger partial charge in [0.25, 0.3) is 0 Å². The van der Waals surface area contributed by atoms with Crippen LogP contribution in [0.1, 0.15) is 20.3 Å². The number of piperazine rings is 1. The van der Waals surface area contributed by atoms with Crippen LogP contribution in [0.2, 0.25) is 0 Å². The van der Waals surface area contributed by atoms with Crippen LogP contribution in [0.15, 0.2) is 48.5 Å². The average Bonchev–Trinajstić information content (AvgIpc) is 2.89. The number of benzene rings is 2. The highest BCUT2D eigenvalue weighted by Gasteiger charge is 2.20. The van der Waals surface area contributed by atoms with Gasteiger partial charge >= 0.3 is 0 Å². The van der Waals surface area contributed by atoms with E-state index in [1.165, 1.54) is 34.8 Å². The molecule has 0 saturated carbocycles. The number of rotatable bonds is 4. The molecule has 0 amide bonds. The first-order valence-electron chi connectivity index (χ1n) is 9.17. The molecule has 1 aliphatic heterocycles. The van der Waals surface area contributed by atoms with E-state index in [1.807, 2.05) is 0 Å². The molecule has 0 radical (unpaired) electrons. The Morgan fingerprint density at radius 1 is 0.840 bits per heavy atom. The largest absolute Gasteiger partial charge is 0.340 e. The molecule has 2 atom stereocenters. The lowest BCUT2D eigenvalue weighted by Crippen LogP contribution is -2.54. The third kappa shape index (κ3) is 3.69. The van der Waals surface area contributed by atoms with Crippen LogP contribution >= 0.6 is 12.4 Å². The standard InChI is InChI=1S/C21H27N3.ClH/c1-16-14-23(15-17(2)22-16)12-7-13-24-20-10-5-3-8-18(20)19-9-4-6-11-21(19)24;/h3-6,8-11,16-17,22H,7,12-15H2,1-2H3;1H/t16-,17+;. The van der Waals surface area contributed by atoms with E-state index in [0.717, 1.165) is 19.6 Å². The molecule has 1 aromatic heterocycles. The van der Waals surface area contributed by atoms with Crippen LogP contribution in [0.4, 0.5) is 0 Å². The second-order valence-electron chi connectivity index (χ2n) is 7.27. The molecule has 4 rings (SSSR count). The molecule has 2 heterocycles. The molecule has 1 N–H and O–H groups in total. The minimum atomic E-state index is 0. The summed E-state index contributed by atoms with van der Waals surface area (Å²) in [6.07, 6.45) is 1.20. The zero-order valence-corrected chi connectivity index (χ0v) is 15.9. The van der Waals surface area contributed by atoms with Crippen LogP contribution in [0.5, 0.6) is 0 Å². The van der Waals surface area contributed by atoms with E-state index in [-0.39, 0.29) is 12.4 Å². The van der Waals surface area contributed by atoms with Crippen molar-refractivity contribution in [3.63, 3.8) is 0 Å². The van der Waals surface area contributed by atoms with Gasteiger partial charge in [-0.3, -0.25) is 0 Å². The average molecular weight is 358 g/mol. The van der Waals surface area contributed by atoms with Crippen molar-refractivity contribution >= 4 is 34.2 Å². The lowest BCUT2D eigenvalue weighted by molar-refractivity contribution is 0.170. The number of fused-ring (bicyclic) bond motifs is 3. The van der Waals surface area contributed by atoms with Gasteiger partial charge in [-0.1, -0.05) is 36.4 Å². The molecule has 3 nitrogen and oxygen atoms in total. The van der Waals surface area contributed by atoms with E-state index in [9.17, 15) is 0 Å². The highest BCUT2D eigenvalue weighted by Crippen LogP contribution is 2.28. The highest BCUT2D eigenvalue weighted by atomic mass is 35.5. The van der Waals surface area contributed by atoms with Crippen molar-refractivity contribution in [2.75, 3.05) is 19.6 Å². The molecule has 4 heteroatoms. The first-order chi connectivity index (χ1) is 11.7. The van der Waals surface area contributed by atoms with E-state index < -0.39 is 0 Å². The second kappa shape index (κ2) is 7.77. The number of hydrogen-bond acceptors (Lipinski definition) is 2. The summed E-state index contributed by atoms with van der Waals surface area (Å²) in [5, 5.41) is 6.36. The maximum absolute atomic E-state index is 3.61. The van der Waals surface area contributed by atoms with Gasteiger partial charge in [0.1, 0.15) is 0 Å². The molecule has 0 aliphatic carbocycles. The van der Waals surface area contributed by atoms with Crippen molar-refractivity contribution in [1.82, 2.24) is 14.8 Å². The molecular weight excluding hydrogens is 330 g/mol. The van der Waals surface area contributed by atoms with E-state index in [2.05, 4.69) is 77.2 Å². The molecule has 0 spiro atoms. The lowest BCUT2D eigenvalue weighted by Gasteiger charge is -2.36. The van der Waals surface area contributed by atoms with Crippen LogP contribution in [0.3, 0.4) is 0 Å².